The van der Waals surface area contributed by atoms with Gasteiger partial charge in [-0.1, -0.05) is 42.5 Å². The van der Waals surface area contributed by atoms with Crippen LogP contribution >= 0.6 is 0 Å². The molecular formula is C18H20N2O3. The topological polar surface area (TPSA) is 67.4 Å². The third kappa shape index (κ3) is 4.85. The van der Waals surface area contributed by atoms with E-state index in [4.69, 9.17) is 4.74 Å². The highest BCUT2D eigenvalue weighted by Crippen LogP contribution is 2.17. The summed E-state index contributed by atoms with van der Waals surface area (Å²) in [5.41, 5.74) is 1.84. The van der Waals surface area contributed by atoms with E-state index in [1.807, 2.05) is 61.5 Å². The molecule has 0 saturated heterocycles. The van der Waals surface area contributed by atoms with Crippen LogP contribution in [0.25, 0.3) is 0 Å². The van der Waals surface area contributed by atoms with Crippen molar-refractivity contribution in [1.82, 2.24) is 10.6 Å². The molecule has 0 aliphatic carbocycles. The van der Waals surface area contributed by atoms with Crippen LogP contribution in [0, 0.1) is 0 Å². The normalized spacial score (nSPS) is 11.4. The molecule has 0 heterocycles. The lowest BCUT2D eigenvalue weighted by Crippen LogP contribution is -2.40. The summed E-state index contributed by atoms with van der Waals surface area (Å²) in [5, 5.41) is 5.28. The Kier molecular flexibility index (Phi) is 5.74. The van der Waals surface area contributed by atoms with Crippen LogP contribution in [0.5, 0.6) is 5.75 Å². The van der Waals surface area contributed by atoms with E-state index >= 15 is 0 Å². The Balaban J connectivity index is 1.85. The number of hydrogen-bond acceptors (Lipinski definition) is 3. The van der Waals surface area contributed by atoms with E-state index in [0.29, 0.717) is 6.54 Å². The second-order valence-electron chi connectivity index (χ2n) is 5.14. The molecule has 0 aromatic heterocycles. The summed E-state index contributed by atoms with van der Waals surface area (Å²) < 4.78 is 5.09. The Morgan fingerprint density at radius 3 is 2.26 bits per heavy atom. The molecule has 2 N–H and O–H groups in total. The summed E-state index contributed by atoms with van der Waals surface area (Å²) in [7, 11) is 1.59. The molecule has 1 atom stereocenters. The first kappa shape index (κ1) is 16.5. The van der Waals surface area contributed by atoms with Crippen LogP contribution in [0.4, 0.5) is 0 Å². The summed E-state index contributed by atoms with van der Waals surface area (Å²) in [4.78, 5) is 23.8. The fourth-order valence-electron chi connectivity index (χ4n) is 2.10. The summed E-state index contributed by atoms with van der Waals surface area (Å²) in [6.07, 6.45) is 0. The van der Waals surface area contributed by atoms with Crippen molar-refractivity contribution in [3.05, 3.63) is 65.7 Å². The van der Waals surface area contributed by atoms with Crippen molar-refractivity contribution >= 4 is 11.8 Å². The predicted molar refractivity (Wildman–Crippen MR) is 87.8 cm³/mol. The molecule has 0 fully saturated rings. The van der Waals surface area contributed by atoms with E-state index in [0.717, 1.165) is 16.9 Å². The van der Waals surface area contributed by atoms with Crippen molar-refractivity contribution in [3.8, 4) is 5.75 Å². The molecular weight excluding hydrogens is 292 g/mol. The highest BCUT2D eigenvalue weighted by atomic mass is 16.5. The highest BCUT2D eigenvalue weighted by molar-refractivity contribution is 6.35. The monoisotopic (exact) mass is 312 g/mol. The fourth-order valence-corrected chi connectivity index (χ4v) is 2.10. The molecule has 120 valence electrons. The van der Waals surface area contributed by atoms with Crippen LogP contribution in [0.2, 0.25) is 0 Å². The van der Waals surface area contributed by atoms with Gasteiger partial charge < -0.3 is 15.4 Å². The molecule has 0 spiro atoms. The molecule has 23 heavy (non-hydrogen) atoms. The van der Waals surface area contributed by atoms with E-state index in [9.17, 15) is 9.59 Å². The van der Waals surface area contributed by atoms with Gasteiger partial charge in [-0.15, -0.1) is 0 Å². The minimum Gasteiger partial charge on any atom is -0.497 e. The lowest BCUT2D eigenvalue weighted by Gasteiger charge is -2.14. The Labute approximate surface area is 135 Å². The molecule has 5 heteroatoms. The van der Waals surface area contributed by atoms with Crippen molar-refractivity contribution in [2.24, 2.45) is 0 Å². The van der Waals surface area contributed by atoms with Gasteiger partial charge in [0.2, 0.25) is 0 Å². The molecule has 2 aromatic rings. The number of amides is 2. The van der Waals surface area contributed by atoms with Gasteiger partial charge in [0.1, 0.15) is 5.75 Å². The first-order valence-corrected chi connectivity index (χ1v) is 7.36. The predicted octanol–water partition coefficient (Wildman–Crippen LogP) is 2.19. The van der Waals surface area contributed by atoms with E-state index in [1.165, 1.54) is 0 Å². The summed E-state index contributed by atoms with van der Waals surface area (Å²) in [6, 6.07) is 16.5. The zero-order chi connectivity index (χ0) is 16.7. The van der Waals surface area contributed by atoms with E-state index < -0.39 is 11.8 Å². The summed E-state index contributed by atoms with van der Waals surface area (Å²) in [5.74, 6) is -0.550. The van der Waals surface area contributed by atoms with Crippen molar-refractivity contribution in [2.75, 3.05) is 7.11 Å². The number of rotatable bonds is 5. The zero-order valence-corrected chi connectivity index (χ0v) is 13.2. The minimum atomic E-state index is -0.649. The molecule has 0 aliphatic rings. The number of ether oxygens (including phenoxy) is 1. The number of methoxy groups -OCH3 is 1. The average molecular weight is 312 g/mol. The Morgan fingerprint density at radius 1 is 1.00 bits per heavy atom. The number of benzene rings is 2. The molecule has 2 aromatic carbocycles. The highest BCUT2D eigenvalue weighted by Gasteiger charge is 2.16. The molecule has 5 nitrogen and oxygen atoms in total. The summed E-state index contributed by atoms with van der Waals surface area (Å²) in [6.45, 7) is 2.15. The van der Waals surface area contributed by atoms with Gasteiger partial charge in [0, 0.05) is 6.54 Å². The van der Waals surface area contributed by atoms with Gasteiger partial charge in [-0.05, 0) is 30.2 Å². The van der Waals surface area contributed by atoms with Crippen LogP contribution in [-0.4, -0.2) is 18.9 Å². The standard InChI is InChI=1S/C18H20N2O3/c1-13(15-8-10-16(23-2)11-9-15)20-18(22)17(21)19-12-14-6-4-3-5-7-14/h3-11,13H,12H2,1-2H3,(H,19,21)(H,20,22). The first-order chi connectivity index (χ1) is 11.1. The van der Waals surface area contributed by atoms with Crippen LogP contribution in [0.3, 0.4) is 0 Å². The van der Waals surface area contributed by atoms with Gasteiger partial charge in [-0.25, -0.2) is 0 Å². The molecule has 2 rings (SSSR count). The minimum absolute atomic E-state index is 0.268. The van der Waals surface area contributed by atoms with Gasteiger partial charge in [-0.3, -0.25) is 9.59 Å². The van der Waals surface area contributed by atoms with E-state index in [1.54, 1.807) is 7.11 Å². The maximum atomic E-state index is 11.9. The molecule has 0 aliphatic heterocycles. The molecule has 0 bridgehead atoms. The Bertz CT molecular complexity index is 654. The zero-order valence-electron chi connectivity index (χ0n) is 13.2. The van der Waals surface area contributed by atoms with Crippen molar-refractivity contribution < 1.29 is 14.3 Å². The van der Waals surface area contributed by atoms with Gasteiger partial charge in [-0.2, -0.15) is 0 Å². The largest absolute Gasteiger partial charge is 0.497 e. The quantitative estimate of drug-likeness (QED) is 0.832. The molecule has 2 amide bonds. The fraction of sp³-hybridized carbons (Fsp3) is 0.222. The Morgan fingerprint density at radius 2 is 1.65 bits per heavy atom. The second-order valence-corrected chi connectivity index (χ2v) is 5.14. The maximum absolute atomic E-state index is 11.9. The van der Waals surface area contributed by atoms with Crippen molar-refractivity contribution in [2.45, 2.75) is 19.5 Å². The van der Waals surface area contributed by atoms with Crippen LogP contribution in [0.1, 0.15) is 24.1 Å². The van der Waals surface area contributed by atoms with Gasteiger partial charge in [0.25, 0.3) is 0 Å². The molecule has 0 saturated carbocycles. The van der Waals surface area contributed by atoms with Gasteiger partial charge in [0.15, 0.2) is 0 Å². The summed E-state index contributed by atoms with van der Waals surface area (Å²) >= 11 is 0. The van der Waals surface area contributed by atoms with Crippen LogP contribution < -0.4 is 15.4 Å². The lowest BCUT2D eigenvalue weighted by atomic mass is 10.1. The number of nitrogens with one attached hydrogen (secondary N) is 2. The third-order valence-electron chi connectivity index (χ3n) is 3.47. The number of carbonyl (C=O) groups is 2. The molecule has 1 unspecified atom stereocenters. The van der Waals surface area contributed by atoms with Crippen molar-refractivity contribution in [3.63, 3.8) is 0 Å². The average Bonchev–Trinajstić information content (AvgIpc) is 2.60. The first-order valence-electron chi connectivity index (χ1n) is 7.36. The third-order valence-corrected chi connectivity index (χ3v) is 3.47. The number of carbonyl (C=O) groups excluding carboxylic acids is 2. The van der Waals surface area contributed by atoms with Gasteiger partial charge in [0.05, 0.1) is 13.2 Å². The second kappa shape index (κ2) is 7.98. The van der Waals surface area contributed by atoms with E-state index in [2.05, 4.69) is 10.6 Å². The van der Waals surface area contributed by atoms with Crippen LogP contribution in [-0.2, 0) is 16.1 Å². The Hall–Kier alpha value is -2.82. The smallest absolute Gasteiger partial charge is 0.309 e. The van der Waals surface area contributed by atoms with E-state index in [-0.39, 0.29) is 6.04 Å². The number of hydrogen-bond donors (Lipinski definition) is 2. The SMILES string of the molecule is COc1ccc(C(C)NC(=O)C(=O)NCc2ccccc2)cc1. The van der Waals surface area contributed by atoms with Crippen molar-refractivity contribution in [1.29, 1.82) is 0 Å². The van der Waals surface area contributed by atoms with Gasteiger partial charge >= 0.3 is 11.8 Å². The lowest BCUT2D eigenvalue weighted by molar-refractivity contribution is -0.139. The maximum Gasteiger partial charge on any atom is 0.309 e. The van der Waals surface area contributed by atoms with Crippen LogP contribution in [0.15, 0.2) is 54.6 Å². The molecule has 0 radical (unpaired) electrons.